The first-order chi connectivity index (χ1) is 10.3. The Bertz CT molecular complexity index is 744. The van der Waals surface area contributed by atoms with Crippen LogP contribution in [0, 0.1) is 6.92 Å². The molecular formula is C16H20N4S. The van der Waals surface area contributed by atoms with Gasteiger partial charge in [-0.05, 0) is 32.5 Å². The molecule has 0 spiro atoms. The van der Waals surface area contributed by atoms with Crippen molar-refractivity contribution < 1.29 is 0 Å². The molecule has 0 bridgehead atoms. The van der Waals surface area contributed by atoms with Gasteiger partial charge in [0.05, 0.1) is 5.69 Å². The summed E-state index contributed by atoms with van der Waals surface area (Å²) in [5.74, 6) is 1.05. The minimum Gasteiger partial charge on any atom is -0.325 e. The van der Waals surface area contributed by atoms with Crippen molar-refractivity contribution in [1.82, 2.24) is 14.7 Å². The summed E-state index contributed by atoms with van der Waals surface area (Å²) in [7, 11) is 1.97. The van der Waals surface area contributed by atoms with Gasteiger partial charge in [0.1, 0.15) is 0 Å². The molecule has 1 aromatic carbocycles. The molecule has 5 heteroatoms. The Morgan fingerprint density at radius 1 is 1.33 bits per heavy atom. The zero-order valence-electron chi connectivity index (χ0n) is 12.6. The molecule has 21 heavy (non-hydrogen) atoms. The first-order valence-electron chi connectivity index (χ1n) is 7.18. The third-order valence-electron chi connectivity index (χ3n) is 3.66. The number of para-hydroxylation sites is 1. The van der Waals surface area contributed by atoms with E-state index in [1.54, 1.807) is 11.3 Å². The number of hydrogen-bond acceptors (Lipinski definition) is 4. The third-order valence-corrected chi connectivity index (χ3v) is 4.42. The second-order valence-corrected chi connectivity index (χ2v) is 5.87. The van der Waals surface area contributed by atoms with Crippen molar-refractivity contribution in [1.29, 1.82) is 0 Å². The van der Waals surface area contributed by atoms with Crippen molar-refractivity contribution in [3.63, 3.8) is 0 Å². The predicted octanol–water partition coefficient (Wildman–Crippen LogP) is 3.58. The fourth-order valence-corrected chi connectivity index (χ4v) is 3.40. The maximum absolute atomic E-state index is 4.85. The summed E-state index contributed by atoms with van der Waals surface area (Å²) in [5.41, 5.74) is 3.70. The number of hydrogen-bond donors (Lipinski definition) is 1. The van der Waals surface area contributed by atoms with Gasteiger partial charge in [0.2, 0.25) is 0 Å². The Morgan fingerprint density at radius 2 is 2.14 bits per heavy atom. The highest BCUT2D eigenvalue weighted by atomic mass is 32.1. The van der Waals surface area contributed by atoms with Crippen LogP contribution in [0.2, 0.25) is 0 Å². The molecule has 2 heterocycles. The average molecular weight is 300 g/mol. The van der Waals surface area contributed by atoms with Gasteiger partial charge in [-0.25, -0.2) is 4.98 Å². The molecule has 0 radical (unpaired) electrons. The van der Waals surface area contributed by atoms with Crippen LogP contribution in [0.1, 0.15) is 18.2 Å². The fraction of sp³-hybridized carbons (Fsp3) is 0.312. The highest BCUT2D eigenvalue weighted by Gasteiger charge is 2.19. The Hall–Kier alpha value is -1.85. The Labute approximate surface area is 129 Å². The number of fused-ring (bicyclic) bond motifs is 1. The lowest BCUT2D eigenvalue weighted by atomic mass is 10.1. The number of nitrogens with zero attached hydrogens (tertiary/aromatic N) is 3. The molecule has 4 nitrogen and oxygen atoms in total. The van der Waals surface area contributed by atoms with E-state index in [0.29, 0.717) is 0 Å². The van der Waals surface area contributed by atoms with Gasteiger partial charge in [-0.1, -0.05) is 18.2 Å². The van der Waals surface area contributed by atoms with E-state index in [9.17, 15) is 0 Å². The van der Waals surface area contributed by atoms with E-state index in [2.05, 4.69) is 64.3 Å². The van der Waals surface area contributed by atoms with Gasteiger partial charge in [0.15, 0.2) is 10.8 Å². The maximum atomic E-state index is 4.85. The predicted molar refractivity (Wildman–Crippen MR) is 89.7 cm³/mol. The van der Waals surface area contributed by atoms with Crippen LogP contribution in [0.25, 0.3) is 4.96 Å². The third kappa shape index (κ3) is 2.43. The summed E-state index contributed by atoms with van der Waals surface area (Å²) in [4.78, 5) is 8.18. The van der Waals surface area contributed by atoms with Crippen molar-refractivity contribution in [2.24, 2.45) is 0 Å². The zero-order chi connectivity index (χ0) is 14.8. The van der Waals surface area contributed by atoms with Crippen molar-refractivity contribution in [3.8, 4) is 0 Å². The molecule has 0 aliphatic carbocycles. The lowest BCUT2D eigenvalue weighted by molar-refractivity contribution is 0.779. The van der Waals surface area contributed by atoms with E-state index < -0.39 is 0 Å². The number of rotatable bonds is 5. The molecule has 0 unspecified atom stereocenters. The second-order valence-electron chi connectivity index (χ2n) is 5.00. The van der Waals surface area contributed by atoms with Crippen molar-refractivity contribution in [2.45, 2.75) is 20.4 Å². The maximum Gasteiger partial charge on any atom is 0.195 e. The molecule has 0 aliphatic rings. The van der Waals surface area contributed by atoms with E-state index in [1.807, 2.05) is 7.05 Å². The topological polar surface area (TPSA) is 32.6 Å². The van der Waals surface area contributed by atoms with Gasteiger partial charge in [0.25, 0.3) is 0 Å². The molecule has 0 saturated heterocycles. The monoisotopic (exact) mass is 300 g/mol. The van der Waals surface area contributed by atoms with Gasteiger partial charge in [-0.15, -0.1) is 11.3 Å². The van der Waals surface area contributed by atoms with Crippen LogP contribution in [0.5, 0.6) is 0 Å². The summed E-state index contributed by atoms with van der Waals surface area (Å²) in [6.07, 6.45) is 2.09. The largest absolute Gasteiger partial charge is 0.325 e. The van der Waals surface area contributed by atoms with E-state index in [4.69, 9.17) is 4.98 Å². The normalized spacial score (nSPS) is 11.2. The van der Waals surface area contributed by atoms with Gasteiger partial charge < -0.3 is 10.2 Å². The summed E-state index contributed by atoms with van der Waals surface area (Å²) in [6.45, 7) is 6.01. The molecule has 3 rings (SSSR count). The first kappa shape index (κ1) is 14.1. The Balaban J connectivity index is 2.14. The molecule has 0 aliphatic heterocycles. The summed E-state index contributed by atoms with van der Waals surface area (Å²) in [6, 6.07) is 8.47. The van der Waals surface area contributed by atoms with E-state index in [-0.39, 0.29) is 0 Å². The van der Waals surface area contributed by atoms with E-state index in [1.165, 1.54) is 16.9 Å². The summed E-state index contributed by atoms with van der Waals surface area (Å²) >= 11 is 1.67. The van der Waals surface area contributed by atoms with Crippen LogP contribution in [0.4, 0.5) is 11.5 Å². The zero-order valence-corrected chi connectivity index (χ0v) is 13.4. The van der Waals surface area contributed by atoms with Crippen LogP contribution >= 0.6 is 11.3 Å². The average Bonchev–Trinajstić information content (AvgIpc) is 3.05. The van der Waals surface area contributed by atoms with Crippen molar-refractivity contribution in [3.05, 3.63) is 47.1 Å². The standard InChI is InChI=1S/C16H20N4S/c1-4-19(13-8-6-5-7-12(13)2)15-14(11-17-3)20-9-10-21-16(20)18-15/h5-10,17H,4,11H2,1-3H3. The minimum atomic E-state index is 0.801. The summed E-state index contributed by atoms with van der Waals surface area (Å²) < 4.78 is 2.18. The van der Waals surface area contributed by atoms with Crippen LogP contribution < -0.4 is 10.2 Å². The lowest BCUT2D eigenvalue weighted by Gasteiger charge is -2.24. The number of thiazole rings is 1. The smallest absolute Gasteiger partial charge is 0.195 e. The Kier molecular flexibility index (Phi) is 3.94. The SMILES string of the molecule is CCN(c1ccccc1C)c1nc2sccn2c1CNC. The van der Waals surface area contributed by atoms with Gasteiger partial charge in [-0.3, -0.25) is 4.40 Å². The lowest BCUT2D eigenvalue weighted by Crippen LogP contribution is -2.20. The fourth-order valence-electron chi connectivity index (χ4n) is 2.67. The van der Waals surface area contributed by atoms with Crippen LogP contribution in [0.3, 0.4) is 0 Å². The van der Waals surface area contributed by atoms with E-state index >= 15 is 0 Å². The number of imidazole rings is 1. The van der Waals surface area contributed by atoms with Gasteiger partial charge >= 0.3 is 0 Å². The molecule has 1 N–H and O–H groups in total. The number of nitrogens with one attached hydrogen (secondary N) is 1. The van der Waals surface area contributed by atoms with Crippen LogP contribution in [0.15, 0.2) is 35.8 Å². The van der Waals surface area contributed by atoms with E-state index in [0.717, 1.165) is 23.9 Å². The molecule has 3 aromatic rings. The molecule has 0 saturated carbocycles. The van der Waals surface area contributed by atoms with Gasteiger partial charge in [-0.2, -0.15) is 0 Å². The number of aromatic nitrogens is 2. The quantitative estimate of drug-likeness (QED) is 0.781. The first-order valence-corrected chi connectivity index (χ1v) is 8.06. The highest BCUT2D eigenvalue weighted by molar-refractivity contribution is 7.15. The molecule has 0 atom stereocenters. The summed E-state index contributed by atoms with van der Waals surface area (Å²) in [5, 5.41) is 5.33. The van der Waals surface area contributed by atoms with Crippen molar-refractivity contribution >= 4 is 27.8 Å². The Morgan fingerprint density at radius 3 is 2.86 bits per heavy atom. The number of anilines is 2. The number of benzene rings is 1. The highest BCUT2D eigenvalue weighted by Crippen LogP contribution is 2.31. The van der Waals surface area contributed by atoms with Crippen LogP contribution in [-0.4, -0.2) is 23.0 Å². The second kappa shape index (κ2) is 5.87. The van der Waals surface area contributed by atoms with Crippen molar-refractivity contribution in [2.75, 3.05) is 18.5 Å². The molecule has 0 amide bonds. The van der Waals surface area contributed by atoms with Crippen LogP contribution in [-0.2, 0) is 6.54 Å². The molecule has 2 aromatic heterocycles. The molecule has 110 valence electrons. The minimum absolute atomic E-state index is 0.801. The van der Waals surface area contributed by atoms with Gasteiger partial charge in [0, 0.05) is 30.4 Å². The molecular weight excluding hydrogens is 280 g/mol. The molecule has 0 fully saturated rings. The number of aryl methyl sites for hydroxylation is 1.